The lowest BCUT2D eigenvalue weighted by molar-refractivity contribution is -0.148. The lowest BCUT2D eigenvalue weighted by Gasteiger charge is -2.36. The van der Waals surface area contributed by atoms with Gasteiger partial charge < -0.3 is 14.4 Å². The van der Waals surface area contributed by atoms with Crippen LogP contribution < -0.4 is 0 Å². The van der Waals surface area contributed by atoms with Crippen LogP contribution in [0.5, 0.6) is 0 Å². The van der Waals surface area contributed by atoms with E-state index in [0.717, 1.165) is 45.4 Å². The monoisotopic (exact) mass is 284 g/mol. The fourth-order valence-electron chi connectivity index (χ4n) is 2.68. The molecule has 0 aromatic rings. The molecular weight excluding hydrogens is 260 g/mol. The first-order chi connectivity index (χ1) is 9.70. The average molecular weight is 284 g/mol. The number of ether oxygens (including phenoxy) is 2. The summed E-state index contributed by atoms with van der Waals surface area (Å²) in [5, 5.41) is 0. The van der Waals surface area contributed by atoms with E-state index in [9.17, 15) is 9.59 Å². The normalized spacial score (nSPS) is 24.4. The number of nitrogens with zero attached hydrogens (tertiary/aromatic N) is 2. The summed E-state index contributed by atoms with van der Waals surface area (Å²) in [5.41, 5.74) is 0. The molecule has 0 saturated carbocycles. The smallest absolute Gasteiger partial charge is 0.306 e. The maximum atomic E-state index is 12.3. The van der Waals surface area contributed by atoms with Crippen molar-refractivity contribution < 1.29 is 19.1 Å². The van der Waals surface area contributed by atoms with Crippen molar-refractivity contribution >= 4 is 11.9 Å². The van der Waals surface area contributed by atoms with Gasteiger partial charge in [-0.05, 0) is 19.3 Å². The van der Waals surface area contributed by atoms with Crippen molar-refractivity contribution in [2.75, 3.05) is 46.4 Å². The van der Waals surface area contributed by atoms with E-state index >= 15 is 0 Å². The van der Waals surface area contributed by atoms with Gasteiger partial charge in [-0.3, -0.25) is 14.5 Å². The summed E-state index contributed by atoms with van der Waals surface area (Å²) in [6, 6.07) is 0. The maximum Gasteiger partial charge on any atom is 0.306 e. The van der Waals surface area contributed by atoms with Gasteiger partial charge in [-0.1, -0.05) is 0 Å². The van der Waals surface area contributed by atoms with Crippen molar-refractivity contribution in [3.8, 4) is 0 Å². The highest BCUT2D eigenvalue weighted by atomic mass is 16.5. The van der Waals surface area contributed by atoms with Crippen LogP contribution in [0.1, 0.15) is 25.7 Å². The molecule has 0 aromatic carbocycles. The minimum absolute atomic E-state index is 0.136. The molecule has 0 radical (unpaired) electrons. The number of piperazine rings is 1. The summed E-state index contributed by atoms with van der Waals surface area (Å²) in [4.78, 5) is 27.5. The summed E-state index contributed by atoms with van der Waals surface area (Å²) in [6.07, 6.45) is 3.17. The van der Waals surface area contributed by atoms with E-state index in [2.05, 4.69) is 9.64 Å². The van der Waals surface area contributed by atoms with Crippen molar-refractivity contribution in [2.45, 2.75) is 31.8 Å². The quantitative estimate of drug-likeness (QED) is 0.693. The average Bonchev–Trinajstić information content (AvgIpc) is 2.53. The van der Waals surface area contributed by atoms with Crippen LogP contribution in [0.25, 0.3) is 0 Å². The fraction of sp³-hybridized carbons (Fsp3) is 0.857. The Bertz CT molecular complexity index is 334. The molecule has 0 bridgehead atoms. The molecule has 0 aliphatic carbocycles. The Balaban J connectivity index is 1.70. The van der Waals surface area contributed by atoms with Gasteiger partial charge in [-0.15, -0.1) is 0 Å². The second-order valence-corrected chi connectivity index (χ2v) is 5.35. The van der Waals surface area contributed by atoms with E-state index in [1.165, 1.54) is 7.11 Å². The molecule has 1 unspecified atom stereocenters. The molecule has 0 aromatic heterocycles. The van der Waals surface area contributed by atoms with Gasteiger partial charge in [-0.2, -0.15) is 0 Å². The Kier molecular flexibility index (Phi) is 5.79. The van der Waals surface area contributed by atoms with Crippen LogP contribution in [0.4, 0.5) is 0 Å². The van der Waals surface area contributed by atoms with Crippen LogP contribution in [0.2, 0.25) is 0 Å². The molecule has 2 aliphatic rings. The van der Waals surface area contributed by atoms with Crippen molar-refractivity contribution in [2.24, 2.45) is 0 Å². The number of esters is 1. The van der Waals surface area contributed by atoms with Gasteiger partial charge in [0, 0.05) is 39.3 Å². The molecule has 20 heavy (non-hydrogen) atoms. The number of methoxy groups -OCH3 is 1. The lowest BCUT2D eigenvalue weighted by Crippen LogP contribution is -2.52. The van der Waals surface area contributed by atoms with Crippen molar-refractivity contribution in [1.82, 2.24) is 9.80 Å². The van der Waals surface area contributed by atoms with E-state index in [1.807, 2.05) is 4.90 Å². The lowest BCUT2D eigenvalue weighted by atomic mass is 10.1. The molecule has 2 aliphatic heterocycles. The van der Waals surface area contributed by atoms with E-state index in [1.54, 1.807) is 0 Å². The molecule has 2 saturated heterocycles. The molecular formula is C14H24N2O4. The van der Waals surface area contributed by atoms with Gasteiger partial charge in [0.1, 0.15) is 6.10 Å². The third-order valence-electron chi connectivity index (χ3n) is 4.00. The largest absolute Gasteiger partial charge is 0.469 e. The van der Waals surface area contributed by atoms with Crippen LogP contribution in [0, 0.1) is 0 Å². The van der Waals surface area contributed by atoms with E-state index < -0.39 is 0 Å². The predicted octanol–water partition coefficient (Wildman–Crippen LogP) is 0.263. The number of carbonyl (C=O) groups is 2. The highest BCUT2D eigenvalue weighted by Crippen LogP contribution is 2.16. The Labute approximate surface area is 120 Å². The predicted molar refractivity (Wildman–Crippen MR) is 73.2 cm³/mol. The summed E-state index contributed by atoms with van der Waals surface area (Å²) in [7, 11) is 1.41. The van der Waals surface area contributed by atoms with Gasteiger partial charge in [0.15, 0.2) is 0 Å². The zero-order chi connectivity index (χ0) is 14.4. The number of hydrogen-bond donors (Lipinski definition) is 0. The van der Waals surface area contributed by atoms with Gasteiger partial charge in [0.2, 0.25) is 0 Å². The third-order valence-corrected chi connectivity index (χ3v) is 4.00. The first kappa shape index (κ1) is 15.3. The summed E-state index contributed by atoms with van der Waals surface area (Å²) in [5.74, 6) is -0.0450. The van der Waals surface area contributed by atoms with Gasteiger partial charge in [0.25, 0.3) is 5.91 Å². The molecule has 6 heteroatoms. The topological polar surface area (TPSA) is 59.1 Å². The standard InChI is InChI=1S/C14H24N2O4/c1-19-13(17)5-6-15-7-9-16(10-8-15)14(18)12-4-2-3-11-20-12/h12H,2-11H2,1H3. The summed E-state index contributed by atoms with van der Waals surface area (Å²) in [6.45, 7) is 4.48. The van der Waals surface area contributed by atoms with E-state index in [4.69, 9.17) is 4.74 Å². The van der Waals surface area contributed by atoms with Crippen LogP contribution in [-0.4, -0.2) is 74.2 Å². The number of carbonyl (C=O) groups excluding carboxylic acids is 2. The molecule has 0 spiro atoms. The van der Waals surface area contributed by atoms with Crippen molar-refractivity contribution in [1.29, 1.82) is 0 Å². The van der Waals surface area contributed by atoms with Gasteiger partial charge in [0.05, 0.1) is 13.5 Å². The number of hydrogen-bond acceptors (Lipinski definition) is 5. The number of rotatable bonds is 4. The van der Waals surface area contributed by atoms with Gasteiger partial charge in [-0.25, -0.2) is 0 Å². The second-order valence-electron chi connectivity index (χ2n) is 5.35. The highest BCUT2D eigenvalue weighted by Gasteiger charge is 2.29. The Hall–Kier alpha value is -1.14. The van der Waals surface area contributed by atoms with Crippen LogP contribution >= 0.6 is 0 Å². The third kappa shape index (κ3) is 4.18. The number of amides is 1. The van der Waals surface area contributed by atoms with Crippen LogP contribution in [0.15, 0.2) is 0 Å². The molecule has 114 valence electrons. The molecule has 2 rings (SSSR count). The second kappa shape index (κ2) is 7.59. The SMILES string of the molecule is COC(=O)CCN1CCN(C(=O)C2CCCCO2)CC1. The Morgan fingerprint density at radius 2 is 1.95 bits per heavy atom. The summed E-state index contributed by atoms with van der Waals surface area (Å²) < 4.78 is 10.2. The Morgan fingerprint density at radius 3 is 2.55 bits per heavy atom. The van der Waals surface area contributed by atoms with Gasteiger partial charge >= 0.3 is 5.97 Å². The molecule has 1 amide bonds. The first-order valence-electron chi connectivity index (χ1n) is 7.40. The Morgan fingerprint density at radius 1 is 1.20 bits per heavy atom. The fourth-order valence-corrected chi connectivity index (χ4v) is 2.68. The van der Waals surface area contributed by atoms with Crippen molar-refractivity contribution in [3.63, 3.8) is 0 Å². The van der Waals surface area contributed by atoms with E-state index in [-0.39, 0.29) is 18.0 Å². The van der Waals surface area contributed by atoms with Crippen LogP contribution in [0.3, 0.4) is 0 Å². The molecule has 2 fully saturated rings. The van der Waals surface area contributed by atoms with Crippen molar-refractivity contribution in [3.05, 3.63) is 0 Å². The molecule has 1 atom stereocenters. The first-order valence-corrected chi connectivity index (χ1v) is 7.40. The van der Waals surface area contributed by atoms with E-state index in [0.29, 0.717) is 19.6 Å². The molecule has 6 nitrogen and oxygen atoms in total. The minimum Gasteiger partial charge on any atom is -0.469 e. The zero-order valence-corrected chi connectivity index (χ0v) is 12.2. The highest BCUT2D eigenvalue weighted by molar-refractivity contribution is 5.81. The summed E-state index contributed by atoms with van der Waals surface area (Å²) >= 11 is 0. The zero-order valence-electron chi connectivity index (χ0n) is 12.2. The van der Waals surface area contributed by atoms with Crippen LogP contribution in [-0.2, 0) is 19.1 Å². The molecule has 2 heterocycles. The molecule has 0 N–H and O–H groups in total. The minimum atomic E-state index is -0.231. The maximum absolute atomic E-state index is 12.3.